The molecule has 0 fully saturated rings. The van der Waals surface area contributed by atoms with Crippen LogP contribution < -0.4 is 5.32 Å². The summed E-state index contributed by atoms with van der Waals surface area (Å²) in [6.45, 7) is 7.24. The van der Waals surface area contributed by atoms with Crippen molar-refractivity contribution in [3.05, 3.63) is 0 Å². The highest BCUT2D eigenvalue weighted by atomic mass is 16.5. The summed E-state index contributed by atoms with van der Waals surface area (Å²) in [5.41, 5.74) is 0. The van der Waals surface area contributed by atoms with Crippen molar-refractivity contribution in [1.29, 1.82) is 0 Å². The fraction of sp³-hybridized carbons (Fsp3) is 1.00. The van der Waals surface area contributed by atoms with Crippen molar-refractivity contribution in [1.82, 2.24) is 5.32 Å². The van der Waals surface area contributed by atoms with Gasteiger partial charge < -0.3 is 15.2 Å². The number of hydrogen-bond donors (Lipinski definition) is 2. The minimum absolute atomic E-state index is 0.219. The Morgan fingerprint density at radius 1 is 1.33 bits per heavy atom. The molecule has 12 heavy (non-hydrogen) atoms. The molecule has 0 spiro atoms. The van der Waals surface area contributed by atoms with Gasteiger partial charge in [0.15, 0.2) is 0 Å². The molecule has 3 heteroatoms. The van der Waals surface area contributed by atoms with E-state index in [1.165, 1.54) is 0 Å². The SMILES string of the molecule is CNCC(O)COC(C)C(C)C. The largest absolute Gasteiger partial charge is 0.389 e. The van der Waals surface area contributed by atoms with E-state index in [1.807, 2.05) is 14.0 Å². The molecule has 0 amide bonds. The lowest BCUT2D eigenvalue weighted by Crippen LogP contribution is -2.30. The minimum Gasteiger partial charge on any atom is -0.389 e. The summed E-state index contributed by atoms with van der Waals surface area (Å²) in [5.74, 6) is 0.506. The van der Waals surface area contributed by atoms with Crippen LogP contribution in [0.1, 0.15) is 20.8 Å². The van der Waals surface area contributed by atoms with Crippen LogP contribution in [0.5, 0.6) is 0 Å². The highest BCUT2D eigenvalue weighted by Crippen LogP contribution is 2.05. The summed E-state index contributed by atoms with van der Waals surface area (Å²) in [5, 5.41) is 12.2. The predicted octanol–water partition coefficient (Wildman–Crippen LogP) is 0.628. The van der Waals surface area contributed by atoms with Crippen LogP contribution in [0.3, 0.4) is 0 Å². The maximum atomic E-state index is 9.29. The smallest absolute Gasteiger partial charge is 0.0897 e. The van der Waals surface area contributed by atoms with E-state index in [0.717, 1.165) is 0 Å². The van der Waals surface area contributed by atoms with E-state index in [-0.39, 0.29) is 6.10 Å². The van der Waals surface area contributed by atoms with Crippen molar-refractivity contribution < 1.29 is 9.84 Å². The lowest BCUT2D eigenvalue weighted by Gasteiger charge is -2.18. The molecular formula is C9H21NO2. The van der Waals surface area contributed by atoms with E-state index in [9.17, 15) is 5.11 Å². The van der Waals surface area contributed by atoms with E-state index in [0.29, 0.717) is 19.1 Å². The standard InChI is InChI=1S/C9H21NO2/c1-7(2)8(3)12-6-9(11)5-10-4/h7-11H,5-6H2,1-4H3. The van der Waals surface area contributed by atoms with Crippen molar-refractivity contribution in [2.45, 2.75) is 33.0 Å². The van der Waals surface area contributed by atoms with Crippen LogP contribution in [-0.4, -0.2) is 37.5 Å². The average Bonchev–Trinajstić information content (AvgIpc) is 2.00. The summed E-state index contributed by atoms with van der Waals surface area (Å²) in [6.07, 6.45) is -0.173. The molecule has 2 N–H and O–H groups in total. The van der Waals surface area contributed by atoms with Crippen LogP contribution in [0, 0.1) is 5.92 Å². The zero-order valence-corrected chi connectivity index (χ0v) is 8.50. The van der Waals surface area contributed by atoms with Gasteiger partial charge in [-0.25, -0.2) is 0 Å². The van der Waals surface area contributed by atoms with Crippen molar-refractivity contribution in [3.8, 4) is 0 Å². The van der Waals surface area contributed by atoms with Crippen molar-refractivity contribution in [2.24, 2.45) is 5.92 Å². The molecule has 0 aromatic heterocycles. The van der Waals surface area contributed by atoms with Crippen molar-refractivity contribution in [3.63, 3.8) is 0 Å². The van der Waals surface area contributed by atoms with Gasteiger partial charge in [-0.2, -0.15) is 0 Å². The van der Waals surface area contributed by atoms with Crippen LogP contribution in [0.25, 0.3) is 0 Å². The Labute approximate surface area is 75.1 Å². The maximum absolute atomic E-state index is 9.29. The summed E-state index contributed by atoms with van der Waals surface area (Å²) in [6, 6.07) is 0. The van der Waals surface area contributed by atoms with Crippen LogP contribution >= 0.6 is 0 Å². The first-order chi connectivity index (χ1) is 5.57. The number of ether oxygens (including phenoxy) is 1. The molecule has 0 aromatic carbocycles. The summed E-state index contributed by atoms with van der Waals surface area (Å²) < 4.78 is 5.43. The second-order valence-corrected chi connectivity index (χ2v) is 3.49. The first kappa shape index (κ1) is 11.9. The van der Waals surface area contributed by atoms with E-state index < -0.39 is 6.10 Å². The molecule has 0 rings (SSSR count). The highest BCUT2D eigenvalue weighted by molar-refractivity contribution is 4.59. The van der Waals surface area contributed by atoms with Gasteiger partial charge in [-0.1, -0.05) is 13.8 Å². The van der Waals surface area contributed by atoms with E-state index in [2.05, 4.69) is 19.2 Å². The molecule has 0 aromatic rings. The normalized spacial score (nSPS) is 16.5. The van der Waals surface area contributed by atoms with Crippen molar-refractivity contribution in [2.75, 3.05) is 20.2 Å². The number of rotatable bonds is 6. The summed E-state index contributed by atoms with van der Waals surface area (Å²) in [4.78, 5) is 0. The highest BCUT2D eigenvalue weighted by Gasteiger charge is 2.09. The van der Waals surface area contributed by atoms with Crippen LogP contribution in [0.15, 0.2) is 0 Å². The zero-order chi connectivity index (χ0) is 9.56. The molecule has 0 aliphatic rings. The van der Waals surface area contributed by atoms with Crippen LogP contribution in [0.2, 0.25) is 0 Å². The van der Waals surface area contributed by atoms with Gasteiger partial charge >= 0.3 is 0 Å². The van der Waals surface area contributed by atoms with Gasteiger partial charge in [-0.3, -0.25) is 0 Å². The maximum Gasteiger partial charge on any atom is 0.0897 e. The molecule has 0 saturated carbocycles. The van der Waals surface area contributed by atoms with Gasteiger partial charge in [0.2, 0.25) is 0 Å². The van der Waals surface area contributed by atoms with Gasteiger partial charge in [-0.05, 0) is 19.9 Å². The van der Waals surface area contributed by atoms with E-state index in [1.54, 1.807) is 0 Å². The molecular weight excluding hydrogens is 154 g/mol. The zero-order valence-electron chi connectivity index (χ0n) is 8.50. The average molecular weight is 175 g/mol. The van der Waals surface area contributed by atoms with Crippen LogP contribution in [0.4, 0.5) is 0 Å². The second-order valence-electron chi connectivity index (χ2n) is 3.49. The minimum atomic E-state index is -0.392. The number of hydrogen-bond acceptors (Lipinski definition) is 3. The number of nitrogens with one attached hydrogen (secondary N) is 1. The van der Waals surface area contributed by atoms with Gasteiger partial charge in [0.05, 0.1) is 18.8 Å². The summed E-state index contributed by atoms with van der Waals surface area (Å²) >= 11 is 0. The monoisotopic (exact) mass is 175 g/mol. The van der Waals surface area contributed by atoms with Crippen molar-refractivity contribution >= 4 is 0 Å². The quantitative estimate of drug-likeness (QED) is 0.622. The Morgan fingerprint density at radius 3 is 2.33 bits per heavy atom. The molecule has 0 heterocycles. The predicted molar refractivity (Wildman–Crippen MR) is 50.2 cm³/mol. The van der Waals surface area contributed by atoms with E-state index >= 15 is 0 Å². The fourth-order valence-corrected chi connectivity index (χ4v) is 0.750. The Kier molecular flexibility index (Phi) is 6.34. The Bertz CT molecular complexity index is 107. The first-order valence-electron chi connectivity index (χ1n) is 4.52. The third kappa shape index (κ3) is 5.52. The van der Waals surface area contributed by atoms with Gasteiger partial charge in [0.1, 0.15) is 0 Å². The molecule has 0 saturated heterocycles. The molecule has 0 bridgehead atoms. The molecule has 0 aliphatic carbocycles. The topological polar surface area (TPSA) is 41.5 Å². The second kappa shape index (κ2) is 6.40. The lowest BCUT2D eigenvalue weighted by molar-refractivity contribution is -0.0185. The third-order valence-corrected chi connectivity index (χ3v) is 1.93. The van der Waals surface area contributed by atoms with Crippen LogP contribution in [-0.2, 0) is 4.74 Å². The number of aliphatic hydroxyl groups is 1. The molecule has 3 nitrogen and oxygen atoms in total. The first-order valence-corrected chi connectivity index (χ1v) is 4.52. The molecule has 2 unspecified atom stereocenters. The Balaban J connectivity index is 3.40. The Hall–Kier alpha value is -0.120. The van der Waals surface area contributed by atoms with Gasteiger partial charge in [0.25, 0.3) is 0 Å². The van der Waals surface area contributed by atoms with E-state index in [4.69, 9.17) is 4.74 Å². The van der Waals surface area contributed by atoms with Gasteiger partial charge in [-0.15, -0.1) is 0 Å². The third-order valence-electron chi connectivity index (χ3n) is 1.93. The number of likely N-dealkylation sites (N-methyl/N-ethyl adjacent to an activating group) is 1. The molecule has 0 aliphatic heterocycles. The lowest BCUT2D eigenvalue weighted by atomic mass is 10.1. The summed E-state index contributed by atoms with van der Waals surface area (Å²) in [7, 11) is 1.81. The number of aliphatic hydroxyl groups excluding tert-OH is 1. The fourth-order valence-electron chi connectivity index (χ4n) is 0.750. The van der Waals surface area contributed by atoms with Gasteiger partial charge in [0, 0.05) is 6.54 Å². The Morgan fingerprint density at radius 2 is 1.92 bits per heavy atom. The molecule has 2 atom stereocenters. The molecule has 0 radical (unpaired) electrons. The molecule has 74 valence electrons.